The topological polar surface area (TPSA) is 43.8 Å². The van der Waals surface area contributed by atoms with Crippen LogP contribution in [0.5, 0.6) is 0 Å². The summed E-state index contributed by atoms with van der Waals surface area (Å²) in [4.78, 5) is 0. The molecular formula is C15H19ClFN3. The third-order valence-electron chi connectivity index (χ3n) is 3.36. The number of aromatic nitrogens is 2. The van der Waals surface area contributed by atoms with E-state index in [9.17, 15) is 4.39 Å². The molecule has 2 rings (SSSR count). The maximum Gasteiger partial charge on any atom is 0.124 e. The van der Waals surface area contributed by atoms with Gasteiger partial charge >= 0.3 is 0 Å². The quantitative estimate of drug-likeness (QED) is 0.917. The first-order valence-electron chi connectivity index (χ1n) is 6.81. The second kappa shape index (κ2) is 6.37. The molecule has 0 bridgehead atoms. The highest BCUT2D eigenvalue weighted by atomic mass is 35.5. The van der Waals surface area contributed by atoms with Crippen molar-refractivity contribution < 1.29 is 4.39 Å². The molecule has 0 aliphatic rings. The average Bonchev–Trinajstić information content (AvgIpc) is 2.85. The summed E-state index contributed by atoms with van der Waals surface area (Å²) in [6, 6.07) is 6.24. The molecule has 2 N–H and O–H groups in total. The van der Waals surface area contributed by atoms with Gasteiger partial charge in [0.25, 0.3) is 0 Å². The van der Waals surface area contributed by atoms with E-state index >= 15 is 0 Å². The molecule has 1 unspecified atom stereocenters. The van der Waals surface area contributed by atoms with Crippen LogP contribution in [-0.2, 0) is 19.4 Å². The van der Waals surface area contributed by atoms with Gasteiger partial charge in [-0.2, -0.15) is 5.10 Å². The van der Waals surface area contributed by atoms with Crippen molar-refractivity contribution >= 4 is 11.6 Å². The van der Waals surface area contributed by atoms with Gasteiger partial charge in [0.2, 0.25) is 0 Å². The predicted octanol–water partition coefficient (Wildman–Crippen LogP) is 3.50. The van der Waals surface area contributed by atoms with E-state index in [1.54, 1.807) is 6.07 Å². The van der Waals surface area contributed by atoms with Crippen LogP contribution in [0.4, 0.5) is 4.39 Å². The van der Waals surface area contributed by atoms with E-state index in [4.69, 9.17) is 17.3 Å². The monoisotopic (exact) mass is 295 g/mol. The Kier molecular flexibility index (Phi) is 4.78. The minimum absolute atomic E-state index is 0.203. The molecule has 20 heavy (non-hydrogen) atoms. The number of hydrogen-bond donors (Lipinski definition) is 1. The smallest absolute Gasteiger partial charge is 0.124 e. The van der Waals surface area contributed by atoms with Gasteiger partial charge in [0, 0.05) is 11.6 Å². The summed E-state index contributed by atoms with van der Waals surface area (Å²) in [6.07, 6.45) is 1.44. The predicted molar refractivity (Wildman–Crippen MR) is 79.3 cm³/mol. The molecule has 0 saturated carbocycles. The molecule has 2 aromatic rings. The highest BCUT2D eigenvalue weighted by Gasteiger charge is 2.15. The van der Waals surface area contributed by atoms with E-state index in [1.807, 2.05) is 17.7 Å². The van der Waals surface area contributed by atoms with Crippen LogP contribution in [0.1, 0.15) is 36.8 Å². The number of nitrogens with zero attached hydrogens (tertiary/aromatic N) is 2. The second-order valence-electron chi connectivity index (χ2n) is 4.78. The number of hydrogen-bond acceptors (Lipinski definition) is 2. The third kappa shape index (κ3) is 3.19. The SMILES string of the molecule is CCc1cc(C(N)Cc2ccc(F)cc2Cl)n(CC)n1. The van der Waals surface area contributed by atoms with Crippen molar-refractivity contribution in [3.63, 3.8) is 0 Å². The van der Waals surface area contributed by atoms with Crippen LogP contribution < -0.4 is 5.73 Å². The van der Waals surface area contributed by atoms with E-state index in [-0.39, 0.29) is 11.9 Å². The maximum atomic E-state index is 13.0. The van der Waals surface area contributed by atoms with Crippen molar-refractivity contribution in [2.24, 2.45) is 5.73 Å². The van der Waals surface area contributed by atoms with E-state index in [0.717, 1.165) is 29.9 Å². The lowest BCUT2D eigenvalue weighted by atomic mass is 10.0. The van der Waals surface area contributed by atoms with Crippen LogP contribution in [0.2, 0.25) is 5.02 Å². The highest BCUT2D eigenvalue weighted by molar-refractivity contribution is 6.31. The molecule has 0 spiro atoms. The van der Waals surface area contributed by atoms with Gasteiger partial charge in [-0.15, -0.1) is 0 Å². The summed E-state index contributed by atoms with van der Waals surface area (Å²) in [5.74, 6) is -0.334. The molecule has 0 saturated heterocycles. The zero-order chi connectivity index (χ0) is 14.7. The van der Waals surface area contributed by atoms with Crippen molar-refractivity contribution in [1.82, 2.24) is 9.78 Å². The van der Waals surface area contributed by atoms with Crippen molar-refractivity contribution in [3.8, 4) is 0 Å². The summed E-state index contributed by atoms with van der Waals surface area (Å²) < 4.78 is 15.0. The van der Waals surface area contributed by atoms with Crippen molar-refractivity contribution in [3.05, 3.63) is 52.1 Å². The Balaban J connectivity index is 2.23. The maximum absolute atomic E-state index is 13.0. The molecule has 0 amide bonds. The standard InChI is InChI=1S/C15H19ClFN3/c1-3-12-9-15(20(4-2)19-12)14(18)7-10-5-6-11(17)8-13(10)16/h5-6,8-9,14H,3-4,7,18H2,1-2H3. The molecular weight excluding hydrogens is 277 g/mol. The van der Waals surface area contributed by atoms with Crippen molar-refractivity contribution in [2.75, 3.05) is 0 Å². The summed E-state index contributed by atoms with van der Waals surface area (Å²) in [5.41, 5.74) is 9.14. The van der Waals surface area contributed by atoms with Gasteiger partial charge in [-0.1, -0.05) is 24.6 Å². The van der Waals surface area contributed by atoms with E-state index in [1.165, 1.54) is 12.1 Å². The van der Waals surface area contributed by atoms with E-state index < -0.39 is 0 Å². The molecule has 1 heterocycles. The fourth-order valence-corrected chi connectivity index (χ4v) is 2.48. The first kappa shape index (κ1) is 15.0. The summed E-state index contributed by atoms with van der Waals surface area (Å²) in [5, 5.41) is 4.91. The number of aryl methyl sites for hydroxylation is 2. The molecule has 108 valence electrons. The molecule has 0 radical (unpaired) electrons. The van der Waals surface area contributed by atoms with Gasteiger partial charge in [0.15, 0.2) is 0 Å². The van der Waals surface area contributed by atoms with Crippen LogP contribution in [0.15, 0.2) is 24.3 Å². The molecule has 1 aromatic heterocycles. The lowest BCUT2D eigenvalue weighted by Crippen LogP contribution is -2.18. The van der Waals surface area contributed by atoms with Gasteiger partial charge in [-0.3, -0.25) is 4.68 Å². The molecule has 0 fully saturated rings. The fraction of sp³-hybridized carbons (Fsp3) is 0.400. The van der Waals surface area contributed by atoms with Crippen LogP contribution in [0.25, 0.3) is 0 Å². The highest BCUT2D eigenvalue weighted by Crippen LogP contribution is 2.23. The largest absolute Gasteiger partial charge is 0.322 e. The average molecular weight is 296 g/mol. The number of benzene rings is 1. The molecule has 5 heteroatoms. The van der Waals surface area contributed by atoms with Crippen molar-refractivity contribution in [2.45, 2.75) is 39.3 Å². The number of rotatable bonds is 5. The third-order valence-corrected chi connectivity index (χ3v) is 3.71. The van der Waals surface area contributed by atoms with E-state index in [2.05, 4.69) is 12.0 Å². The van der Waals surface area contributed by atoms with Gasteiger partial charge < -0.3 is 5.73 Å². The van der Waals surface area contributed by atoms with Crippen LogP contribution in [-0.4, -0.2) is 9.78 Å². The normalized spacial score (nSPS) is 12.7. The van der Waals surface area contributed by atoms with Crippen LogP contribution >= 0.6 is 11.6 Å². The first-order chi connectivity index (χ1) is 9.55. The Hall–Kier alpha value is -1.39. The molecule has 1 atom stereocenters. The first-order valence-corrected chi connectivity index (χ1v) is 7.19. The second-order valence-corrected chi connectivity index (χ2v) is 5.18. The molecule has 0 aliphatic carbocycles. The van der Waals surface area contributed by atoms with Gasteiger partial charge in [-0.25, -0.2) is 4.39 Å². The lowest BCUT2D eigenvalue weighted by Gasteiger charge is -2.14. The summed E-state index contributed by atoms with van der Waals surface area (Å²) in [6.45, 7) is 4.88. The van der Waals surface area contributed by atoms with Crippen molar-refractivity contribution in [1.29, 1.82) is 0 Å². The summed E-state index contributed by atoms with van der Waals surface area (Å²) >= 11 is 6.05. The minimum atomic E-state index is -0.334. The molecule has 3 nitrogen and oxygen atoms in total. The van der Waals surface area contributed by atoms with Gasteiger partial charge in [0.1, 0.15) is 5.82 Å². The minimum Gasteiger partial charge on any atom is -0.322 e. The summed E-state index contributed by atoms with van der Waals surface area (Å²) in [7, 11) is 0. The number of halogens is 2. The fourth-order valence-electron chi connectivity index (χ4n) is 2.24. The molecule has 1 aromatic carbocycles. The Morgan fingerprint density at radius 1 is 1.35 bits per heavy atom. The lowest BCUT2D eigenvalue weighted by molar-refractivity contribution is 0.564. The Morgan fingerprint density at radius 3 is 2.70 bits per heavy atom. The van der Waals surface area contributed by atoms with Gasteiger partial charge in [0.05, 0.1) is 17.4 Å². The Labute approximate surface area is 123 Å². The number of nitrogens with two attached hydrogens (primary N) is 1. The zero-order valence-electron chi connectivity index (χ0n) is 11.7. The zero-order valence-corrected chi connectivity index (χ0v) is 12.5. The van der Waals surface area contributed by atoms with E-state index in [0.29, 0.717) is 11.4 Å². The Bertz CT molecular complexity index is 595. The van der Waals surface area contributed by atoms with Crippen LogP contribution in [0.3, 0.4) is 0 Å². The molecule has 0 aliphatic heterocycles. The van der Waals surface area contributed by atoms with Gasteiger partial charge in [-0.05, 0) is 43.5 Å². The van der Waals surface area contributed by atoms with Crippen LogP contribution in [0, 0.1) is 5.82 Å². The Morgan fingerprint density at radius 2 is 2.10 bits per heavy atom.